The first kappa shape index (κ1) is 64.2. The largest absolute Gasteiger partial charge is 0.462 e. The van der Waals surface area contributed by atoms with Crippen molar-refractivity contribution in [3.05, 3.63) is 12.2 Å². The molecule has 66 heavy (non-hydrogen) atoms. The zero-order valence-electron chi connectivity index (χ0n) is 44.7. The zero-order chi connectivity index (χ0) is 47.9. The van der Waals surface area contributed by atoms with E-state index < -0.39 is 6.10 Å². The van der Waals surface area contributed by atoms with Crippen LogP contribution in [0.3, 0.4) is 0 Å². The molecule has 1 unspecified atom stereocenters. The Morgan fingerprint density at radius 2 is 0.500 bits per heavy atom. The topological polar surface area (TPSA) is 78.9 Å². The molecule has 0 aliphatic heterocycles. The van der Waals surface area contributed by atoms with Gasteiger partial charge in [-0.15, -0.1) is 0 Å². The van der Waals surface area contributed by atoms with Gasteiger partial charge in [0.05, 0.1) is 0 Å². The second-order valence-electron chi connectivity index (χ2n) is 20.3. The van der Waals surface area contributed by atoms with Crippen molar-refractivity contribution in [3.8, 4) is 0 Å². The minimum Gasteiger partial charge on any atom is -0.462 e. The Kier molecular flexibility index (Phi) is 54.2. The molecular formula is C60H114O6. The van der Waals surface area contributed by atoms with Gasteiger partial charge in [0, 0.05) is 19.3 Å². The second kappa shape index (κ2) is 55.7. The predicted molar refractivity (Wildman–Crippen MR) is 284 cm³/mol. The van der Waals surface area contributed by atoms with Gasteiger partial charge in [0.25, 0.3) is 0 Å². The maximum Gasteiger partial charge on any atom is 0.306 e. The molecule has 390 valence electrons. The molecule has 0 aliphatic rings. The van der Waals surface area contributed by atoms with Gasteiger partial charge in [0.1, 0.15) is 13.2 Å². The molecule has 0 radical (unpaired) electrons. The molecule has 0 aromatic heterocycles. The molecular weight excluding hydrogens is 817 g/mol. The summed E-state index contributed by atoms with van der Waals surface area (Å²) < 4.78 is 16.9. The van der Waals surface area contributed by atoms with E-state index in [0.717, 1.165) is 57.8 Å². The summed E-state index contributed by atoms with van der Waals surface area (Å²) in [6, 6.07) is 0. The van der Waals surface area contributed by atoms with E-state index >= 15 is 0 Å². The highest BCUT2D eigenvalue weighted by Gasteiger charge is 2.19. The van der Waals surface area contributed by atoms with Gasteiger partial charge in [0.2, 0.25) is 0 Å². The lowest BCUT2D eigenvalue weighted by Crippen LogP contribution is -2.30. The van der Waals surface area contributed by atoms with Crippen LogP contribution in [0.25, 0.3) is 0 Å². The van der Waals surface area contributed by atoms with E-state index in [4.69, 9.17) is 14.2 Å². The van der Waals surface area contributed by atoms with Gasteiger partial charge in [-0.1, -0.05) is 283 Å². The number of allylic oxidation sites excluding steroid dienone is 2. The van der Waals surface area contributed by atoms with E-state index in [0.29, 0.717) is 19.3 Å². The molecule has 0 spiro atoms. The first-order chi connectivity index (χ1) is 32.5. The summed E-state index contributed by atoms with van der Waals surface area (Å²) >= 11 is 0. The highest BCUT2D eigenvalue weighted by Crippen LogP contribution is 2.17. The van der Waals surface area contributed by atoms with E-state index in [9.17, 15) is 14.4 Å². The minimum absolute atomic E-state index is 0.0657. The number of unbranched alkanes of at least 4 members (excludes halogenated alkanes) is 42. The standard InChI is InChI=1S/C60H114O6/c1-4-7-10-13-16-19-22-24-26-28-30-32-33-35-38-41-44-47-50-53-59(62)65-56-57(55-64-58(61)52-49-46-43-40-37-21-18-15-12-9-6-3)66-60(63)54-51-48-45-42-39-36-34-31-29-27-25-23-20-17-14-11-8-5-2/h27,29,57H,4-26,28,30-56H2,1-3H3/b29-27-. The number of hydrogen-bond acceptors (Lipinski definition) is 6. The number of hydrogen-bond donors (Lipinski definition) is 0. The summed E-state index contributed by atoms with van der Waals surface area (Å²) in [5.41, 5.74) is 0. The predicted octanol–water partition coefficient (Wildman–Crippen LogP) is 19.7. The molecule has 0 aliphatic carbocycles. The van der Waals surface area contributed by atoms with Crippen LogP contribution >= 0.6 is 0 Å². The maximum atomic E-state index is 12.9. The monoisotopic (exact) mass is 931 g/mol. The summed E-state index contributed by atoms with van der Waals surface area (Å²) in [5.74, 6) is -0.846. The fraction of sp³-hybridized carbons (Fsp3) is 0.917. The van der Waals surface area contributed by atoms with Crippen LogP contribution in [0.4, 0.5) is 0 Å². The van der Waals surface area contributed by atoms with Crippen molar-refractivity contribution in [2.24, 2.45) is 0 Å². The summed E-state index contributed by atoms with van der Waals surface area (Å²) in [7, 11) is 0. The molecule has 0 rings (SSSR count). The van der Waals surface area contributed by atoms with Crippen molar-refractivity contribution in [2.75, 3.05) is 13.2 Å². The quantitative estimate of drug-likeness (QED) is 0.0262. The molecule has 0 saturated carbocycles. The van der Waals surface area contributed by atoms with E-state index in [-0.39, 0.29) is 31.1 Å². The highest BCUT2D eigenvalue weighted by atomic mass is 16.6. The Morgan fingerprint density at radius 1 is 0.288 bits per heavy atom. The van der Waals surface area contributed by atoms with Gasteiger partial charge in [-0.25, -0.2) is 0 Å². The summed E-state index contributed by atoms with van der Waals surface area (Å²) in [4.78, 5) is 38.1. The summed E-state index contributed by atoms with van der Waals surface area (Å²) in [5, 5.41) is 0. The molecule has 0 saturated heterocycles. The zero-order valence-corrected chi connectivity index (χ0v) is 44.7. The van der Waals surface area contributed by atoms with E-state index in [1.807, 2.05) is 0 Å². The SMILES string of the molecule is CCCCCCCCC/C=C\CCCCCCCCCC(=O)OC(COC(=O)CCCCCCCCCCCCC)COC(=O)CCCCCCCCCCCCCCCCCCCCC. The number of carbonyl (C=O) groups excluding carboxylic acids is 3. The first-order valence-electron chi connectivity index (χ1n) is 29.7. The van der Waals surface area contributed by atoms with Crippen molar-refractivity contribution in [1.29, 1.82) is 0 Å². The molecule has 0 aromatic carbocycles. The van der Waals surface area contributed by atoms with Gasteiger partial charge in [0.15, 0.2) is 6.10 Å². The Balaban J connectivity index is 4.26. The lowest BCUT2D eigenvalue weighted by molar-refractivity contribution is -0.167. The molecule has 6 nitrogen and oxygen atoms in total. The number of rotatable bonds is 55. The van der Waals surface area contributed by atoms with Gasteiger partial charge in [-0.05, 0) is 44.9 Å². The van der Waals surface area contributed by atoms with Crippen molar-refractivity contribution in [2.45, 2.75) is 341 Å². The van der Waals surface area contributed by atoms with E-state index in [1.165, 1.54) is 238 Å². The third-order valence-electron chi connectivity index (χ3n) is 13.5. The minimum atomic E-state index is -0.766. The molecule has 0 aromatic rings. The van der Waals surface area contributed by atoms with Crippen molar-refractivity contribution in [3.63, 3.8) is 0 Å². The maximum absolute atomic E-state index is 12.9. The number of carbonyl (C=O) groups is 3. The Bertz CT molecular complexity index is 1020. The van der Waals surface area contributed by atoms with Crippen molar-refractivity contribution in [1.82, 2.24) is 0 Å². The van der Waals surface area contributed by atoms with E-state index in [1.54, 1.807) is 0 Å². The number of esters is 3. The van der Waals surface area contributed by atoms with Crippen molar-refractivity contribution >= 4 is 17.9 Å². The van der Waals surface area contributed by atoms with Crippen molar-refractivity contribution < 1.29 is 28.6 Å². The molecule has 0 heterocycles. The normalized spacial score (nSPS) is 12.0. The molecule has 0 bridgehead atoms. The molecule has 1 atom stereocenters. The average Bonchev–Trinajstić information content (AvgIpc) is 3.31. The average molecular weight is 932 g/mol. The Hall–Kier alpha value is -1.85. The Labute approximate surface area is 411 Å². The number of ether oxygens (including phenoxy) is 3. The van der Waals surface area contributed by atoms with Crippen LogP contribution in [0.5, 0.6) is 0 Å². The summed E-state index contributed by atoms with van der Waals surface area (Å²) in [6.07, 6.45) is 63.5. The lowest BCUT2D eigenvalue weighted by Gasteiger charge is -2.18. The van der Waals surface area contributed by atoms with Gasteiger partial charge < -0.3 is 14.2 Å². The van der Waals surface area contributed by atoms with Gasteiger partial charge >= 0.3 is 17.9 Å². The summed E-state index contributed by atoms with van der Waals surface area (Å²) in [6.45, 7) is 6.69. The Morgan fingerprint density at radius 3 is 0.758 bits per heavy atom. The highest BCUT2D eigenvalue weighted by molar-refractivity contribution is 5.71. The first-order valence-corrected chi connectivity index (χ1v) is 29.7. The van der Waals surface area contributed by atoms with Gasteiger partial charge in [-0.3, -0.25) is 14.4 Å². The van der Waals surface area contributed by atoms with Crippen LogP contribution in [-0.4, -0.2) is 37.2 Å². The van der Waals surface area contributed by atoms with E-state index in [2.05, 4.69) is 32.9 Å². The van der Waals surface area contributed by atoms with Crippen LogP contribution in [0, 0.1) is 0 Å². The lowest BCUT2D eigenvalue weighted by atomic mass is 10.0. The molecule has 0 amide bonds. The molecule has 6 heteroatoms. The third-order valence-corrected chi connectivity index (χ3v) is 13.5. The van der Waals surface area contributed by atoms with Crippen LogP contribution in [0.15, 0.2) is 12.2 Å². The smallest absolute Gasteiger partial charge is 0.306 e. The molecule has 0 fully saturated rings. The fourth-order valence-corrected chi connectivity index (χ4v) is 9.03. The van der Waals surface area contributed by atoms with Gasteiger partial charge in [-0.2, -0.15) is 0 Å². The molecule has 0 N–H and O–H groups in total. The van der Waals surface area contributed by atoms with Crippen LogP contribution in [0.1, 0.15) is 335 Å². The second-order valence-corrected chi connectivity index (χ2v) is 20.3. The van der Waals surface area contributed by atoms with Crippen LogP contribution in [-0.2, 0) is 28.6 Å². The fourth-order valence-electron chi connectivity index (χ4n) is 9.03. The van der Waals surface area contributed by atoms with Crippen LogP contribution in [0.2, 0.25) is 0 Å². The third kappa shape index (κ3) is 53.1. The van der Waals surface area contributed by atoms with Crippen LogP contribution < -0.4 is 0 Å².